The molecule has 2 N–H and O–H groups in total. The number of aryl methyl sites for hydroxylation is 1. The first-order chi connectivity index (χ1) is 8.27. The highest BCUT2D eigenvalue weighted by atomic mass is 32.2. The summed E-state index contributed by atoms with van der Waals surface area (Å²) in [6.45, 7) is 2.86. The summed E-state index contributed by atoms with van der Waals surface area (Å²) in [6.07, 6.45) is 0. The summed E-state index contributed by atoms with van der Waals surface area (Å²) in [5.74, 6) is -1.14. The lowest BCUT2D eigenvalue weighted by atomic mass is 10.1. The fourth-order valence-corrected chi connectivity index (χ4v) is 2.01. The maximum atomic E-state index is 11.6. The lowest BCUT2D eigenvalue weighted by Gasteiger charge is -2.10. The van der Waals surface area contributed by atoms with Crippen molar-refractivity contribution in [2.75, 3.05) is 4.72 Å². The van der Waals surface area contributed by atoms with Gasteiger partial charge < -0.3 is 5.11 Å². The molecule has 0 heterocycles. The molecule has 7 heteroatoms. The Balaban J connectivity index is 3.12. The molecule has 96 valence electrons. The second-order valence-electron chi connectivity index (χ2n) is 3.75. The molecule has 0 aliphatic heterocycles. The third kappa shape index (κ3) is 2.99. The van der Waals surface area contributed by atoms with Crippen molar-refractivity contribution in [3.8, 4) is 6.07 Å². The van der Waals surface area contributed by atoms with Crippen molar-refractivity contribution in [3.63, 3.8) is 0 Å². The van der Waals surface area contributed by atoms with Gasteiger partial charge in [-0.15, -0.1) is 0 Å². The summed E-state index contributed by atoms with van der Waals surface area (Å²) in [4.78, 5) is 10.9. The maximum Gasteiger partial charge on any atom is 0.336 e. The van der Waals surface area contributed by atoms with Gasteiger partial charge >= 0.3 is 5.97 Å². The van der Waals surface area contributed by atoms with E-state index in [1.807, 2.05) is 0 Å². The van der Waals surface area contributed by atoms with Crippen molar-refractivity contribution in [3.05, 3.63) is 29.3 Å². The van der Waals surface area contributed by atoms with Gasteiger partial charge in [0.15, 0.2) is 5.25 Å². The summed E-state index contributed by atoms with van der Waals surface area (Å²) in [5, 5.41) is 16.3. The minimum absolute atomic E-state index is 0.0137. The second-order valence-corrected chi connectivity index (χ2v) is 5.75. The number of nitriles is 1. The molecular weight excluding hydrogens is 256 g/mol. The molecular formula is C11H12N2O4S. The quantitative estimate of drug-likeness (QED) is 0.857. The lowest BCUT2D eigenvalue weighted by molar-refractivity contribution is 0.0696. The predicted octanol–water partition coefficient (Wildman–Crippen LogP) is 1.35. The Hall–Kier alpha value is -2.07. The zero-order valence-corrected chi connectivity index (χ0v) is 10.7. The molecule has 0 radical (unpaired) electrons. The van der Waals surface area contributed by atoms with Gasteiger partial charge in [-0.05, 0) is 31.5 Å². The molecule has 0 aromatic heterocycles. The molecule has 0 aliphatic carbocycles. The molecule has 6 nitrogen and oxygen atoms in total. The van der Waals surface area contributed by atoms with Gasteiger partial charge in [-0.25, -0.2) is 13.2 Å². The van der Waals surface area contributed by atoms with Crippen LogP contribution >= 0.6 is 0 Å². The highest BCUT2D eigenvalue weighted by Crippen LogP contribution is 2.17. The van der Waals surface area contributed by atoms with Crippen molar-refractivity contribution in [2.24, 2.45) is 0 Å². The van der Waals surface area contributed by atoms with E-state index >= 15 is 0 Å². The Kier molecular flexibility index (Phi) is 3.93. The van der Waals surface area contributed by atoms with Crippen molar-refractivity contribution >= 4 is 21.7 Å². The van der Waals surface area contributed by atoms with Crippen LogP contribution in [0.1, 0.15) is 22.8 Å². The third-order valence-corrected chi connectivity index (χ3v) is 3.93. The third-order valence-electron chi connectivity index (χ3n) is 2.38. The van der Waals surface area contributed by atoms with Crippen LogP contribution in [0.15, 0.2) is 18.2 Å². The highest BCUT2D eigenvalue weighted by Gasteiger charge is 2.20. The number of aromatic carboxylic acids is 1. The number of sulfonamides is 1. The topological polar surface area (TPSA) is 107 Å². The van der Waals surface area contributed by atoms with Crippen LogP contribution in [0.2, 0.25) is 0 Å². The smallest absolute Gasteiger partial charge is 0.336 e. The summed E-state index contributed by atoms with van der Waals surface area (Å²) < 4.78 is 25.4. The minimum atomic E-state index is -3.82. The van der Waals surface area contributed by atoms with Crippen LogP contribution in [0.4, 0.5) is 5.69 Å². The number of anilines is 1. The van der Waals surface area contributed by atoms with E-state index in [9.17, 15) is 13.2 Å². The van der Waals surface area contributed by atoms with Gasteiger partial charge in [-0.2, -0.15) is 5.26 Å². The first kappa shape index (κ1) is 14.0. The van der Waals surface area contributed by atoms with E-state index in [0.29, 0.717) is 5.56 Å². The molecule has 1 unspecified atom stereocenters. The van der Waals surface area contributed by atoms with Gasteiger partial charge in [0.1, 0.15) is 0 Å². The second kappa shape index (κ2) is 5.06. The molecule has 1 aromatic rings. The number of nitrogens with zero attached hydrogens (tertiary/aromatic N) is 1. The normalized spacial score (nSPS) is 12.5. The molecule has 0 spiro atoms. The van der Waals surface area contributed by atoms with Gasteiger partial charge in [-0.1, -0.05) is 6.07 Å². The van der Waals surface area contributed by atoms with E-state index in [4.69, 9.17) is 10.4 Å². The first-order valence-electron chi connectivity index (χ1n) is 5.03. The van der Waals surface area contributed by atoms with Crippen LogP contribution < -0.4 is 4.72 Å². The fourth-order valence-electron chi connectivity index (χ4n) is 1.24. The monoisotopic (exact) mass is 268 g/mol. The Bertz CT molecular complexity index is 616. The number of nitrogens with one attached hydrogen (secondary N) is 1. The molecule has 1 rings (SSSR count). The van der Waals surface area contributed by atoms with Crippen molar-refractivity contribution in [1.29, 1.82) is 5.26 Å². The van der Waals surface area contributed by atoms with Crippen LogP contribution in [0.25, 0.3) is 0 Å². The van der Waals surface area contributed by atoms with Gasteiger partial charge in [-0.3, -0.25) is 4.72 Å². The van der Waals surface area contributed by atoms with Crippen LogP contribution in [0, 0.1) is 18.3 Å². The summed E-state index contributed by atoms with van der Waals surface area (Å²) in [6, 6.07) is 5.78. The number of carboxylic acid groups (broad SMARTS) is 1. The minimum Gasteiger partial charge on any atom is -0.478 e. The molecule has 0 fully saturated rings. The number of carboxylic acids is 1. The number of hydrogen-bond acceptors (Lipinski definition) is 4. The largest absolute Gasteiger partial charge is 0.478 e. The van der Waals surface area contributed by atoms with E-state index in [0.717, 1.165) is 0 Å². The van der Waals surface area contributed by atoms with Gasteiger partial charge in [0, 0.05) is 5.69 Å². The van der Waals surface area contributed by atoms with Crippen molar-refractivity contribution < 1.29 is 18.3 Å². The molecule has 0 bridgehead atoms. The van der Waals surface area contributed by atoms with E-state index in [1.165, 1.54) is 25.1 Å². The molecule has 0 saturated carbocycles. The van der Waals surface area contributed by atoms with Crippen molar-refractivity contribution in [2.45, 2.75) is 19.1 Å². The van der Waals surface area contributed by atoms with E-state index in [-0.39, 0.29) is 11.3 Å². The van der Waals surface area contributed by atoms with Gasteiger partial charge in [0.2, 0.25) is 10.0 Å². The van der Waals surface area contributed by atoms with Gasteiger partial charge in [0.25, 0.3) is 0 Å². The van der Waals surface area contributed by atoms with Gasteiger partial charge in [0.05, 0.1) is 11.6 Å². The van der Waals surface area contributed by atoms with Crippen LogP contribution in [0.3, 0.4) is 0 Å². The lowest BCUT2D eigenvalue weighted by Crippen LogP contribution is -2.24. The highest BCUT2D eigenvalue weighted by molar-refractivity contribution is 7.93. The molecule has 0 aliphatic rings. The van der Waals surface area contributed by atoms with E-state index in [1.54, 1.807) is 13.0 Å². The molecule has 0 amide bonds. The maximum absolute atomic E-state index is 11.6. The van der Waals surface area contributed by atoms with Crippen LogP contribution in [-0.2, 0) is 10.0 Å². The Labute approximate surface area is 105 Å². The van der Waals surface area contributed by atoms with Crippen LogP contribution in [-0.4, -0.2) is 24.7 Å². The Morgan fingerprint density at radius 1 is 1.50 bits per heavy atom. The predicted molar refractivity (Wildman–Crippen MR) is 65.8 cm³/mol. The Morgan fingerprint density at radius 3 is 2.61 bits per heavy atom. The fraction of sp³-hybridized carbons (Fsp3) is 0.273. The average Bonchev–Trinajstić information content (AvgIpc) is 2.29. The van der Waals surface area contributed by atoms with E-state index < -0.39 is 21.2 Å². The molecule has 18 heavy (non-hydrogen) atoms. The Morgan fingerprint density at radius 2 is 2.11 bits per heavy atom. The zero-order chi connectivity index (χ0) is 13.9. The van der Waals surface area contributed by atoms with E-state index in [2.05, 4.69) is 4.72 Å². The number of hydrogen-bond donors (Lipinski definition) is 2. The van der Waals surface area contributed by atoms with Crippen molar-refractivity contribution in [1.82, 2.24) is 0 Å². The molecule has 0 saturated heterocycles. The van der Waals surface area contributed by atoms with Crippen LogP contribution in [0.5, 0.6) is 0 Å². The molecule has 1 atom stereocenters. The number of benzene rings is 1. The summed E-state index contributed by atoms with van der Waals surface area (Å²) in [5.41, 5.74) is 0.665. The number of rotatable bonds is 4. The summed E-state index contributed by atoms with van der Waals surface area (Å²) in [7, 11) is -3.82. The number of carbonyl (C=O) groups is 1. The summed E-state index contributed by atoms with van der Waals surface area (Å²) >= 11 is 0. The zero-order valence-electron chi connectivity index (χ0n) is 9.84. The first-order valence-corrected chi connectivity index (χ1v) is 6.57. The average molecular weight is 268 g/mol. The SMILES string of the molecule is Cc1ccc(NS(=O)(=O)C(C)C#N)cc1C(=O)O. The molecule has 1 aromatic carbocycles. The standard InChI is InChI=1S/C11H12N2O4S/c1-7-3-4-9(5-10(7)11(14)15)13-18(16,17)8(2)6-12/h3-5,8,13H,1-2H3,(H,14,15).